The van der Waals surface area contributed by atoms with Crippen LogP contribution < -0.4 is 14.8 Å². The van der Waals surface area contributed by atoms with E-state index in [-0.39, 0.29) is 28.7 Å². The van der Waals surface area contributed by atoms with Gasteiger partial charge in [0.15, 0.2) is 11.5 Å². The number of nitro groups is 2. The SMILES string of the molecule is COc1cc(/C=C(\C#N)C(=O)NC(C)C)ccc1OC(=O)c1cc([N+](=O)[O-])c(C)c([N+](=O)[O-])c1. The lowest BCUT2D eigenvalue weighted by Crippen LogP contribution is -2.30. The van der Waals surface area contributed by atoms with E-state index in [2.05, 4.69) is 5.32 Å². The Kier molecular flexibility index (Phi) is 8.01. The number of methoxy groups -OCH3 is 1. The van der Waals surface area contributed by atoms with E-state index in [9.17, 15) is 35.1 Å². The van der Waals surface area contributed by atoms with Crippen LogP contribution >= 0.6 is 0 Å². The number of esters is 1. The summed E-state index contributed by atoms with van der Waals surface area (Å²) in [4.78, 5) is 45.5. The summed E-state index contributed by atoms with van der Waals surface area (Å²) in [5, 5.41) is 34.3. The van der Waals surface area contributed by atoms with Crippen LogP contribution in [0, 0.1) is 38.5 Å². The van der Waals surface area contributed by atoms with Gasteiger partial charge < -0.3 is 14.8 Å². The van der Waals surface area contributed by atoms with E-state index in [0.717, 1.165) is 12.1 Å². The van der Waals surface area contributed by atoms with Gasteiger partial charge in [-0.15, -0.1) is 0 Å². The monoisotopic (exact) mass is 468 g/mol. The number of nitriles is 1. The Labute approximate surface area is 193 Å². The Morgan fingerprint density at radius 2 is 1.68 bits per heavy atom. The second-order valence-corrected chi connectivity index (χ2v) is 7.25. The first-order valence-corrected chi connectivity index (χ1v) is 9.74. The number of nitrogens with zero attached hydrogens (tertiary/aromatic N) is 3. The smallest absolute Gasteiger partial charge is 0.344 e. The van der Waals surface area contributed by atoms with Gasteiger partial charge in [0.2, 0.25) is 0 Å². The lowest BCUT2D eigenvalue weighted by molar-refractivity contribution is -0.395. The van der Waals surface area contributed by atoms with E-state index in [4.69, 9.17) is 9.47 Å². The van der Waals surface area contributed by atoms with Crippen molar-refractivity contribution in [3.63, 3.8) is 0 Å². The van der Waals surface area contributed by atoms with Crippen molar-refractivity contribution < 1.29 is 28.9 Å². The molecule has 0 saturated carbocycles. The van der Waals surface area contributed by atoms with Crippen molar-refractivity contribution in [2.24, 2.45) is 0 Å². The molecule has 0 unspecified atom stereocenters. The third-order valence-corrected chi connectivity index (χ3v) is 4.47. The molecule has 12 heteroatoms. The highest BCUT2D eigenvalue weighted by atomic mass is 16.6. The summed E-state index contributed by atoms with van der Waals surface area (Å²) in [6, 6.07) is 7.60. The van der Waals surface area contributed by atoms with Crippen LogP contribution in [0.2, 0.25) is 0 Å². The minimum absolute atomic E-state index is 0.0553. The molecule has 0 aliphatic heterocycles. The van der Waals surface area contributed by atoms with Crippen LogP contribution in [0.25, 0.3) is 6.08 Å². The normalized spacial score (nSPS) is 10.9. The molecule has 2 rings (SSSR count). The first-order chi connectivity index (χ1) is 16.0. The summed E-state index contributed by atoms with van der Waals surface area (Å²) in [5.74, 6) is -1.67. The van der Waals surface area contributed by atoms with Gasteiger partial charge >= 0.3 is 5.97 Å². The maximum Gasteiger partial charge on any atom is 0.344 e. The van der Waals surface area contributed by atoms with Gasteiger partial charge in [-0.1, -0.05) is 6.07 Å². The number of hydrogen-bond donors (Lipinski definition) is 1. The molecule has 0 aromatic heterocycles. The van der Waals surface area contributed by atoms with Crippen LogP contribution in [0.3, 0.4) is 0 Å². The van der Waals surface area contributed by atoms with Gasteiger partial charge in [0.05, 0.1) is 22.5 Å². The molecular formula is C22H20N4O8. The number of benzene rings is 2. The average Bonchev–Trinajstić information content (AvgIpc) is 2.77. The number of carbonyl (C=O) groups is 2. The van der Waals surface area contributed by atoms with Gasteiger partial charge in [-0.2, -0.15) is 5.26 Å². The van der Waals surface area contributed by atoms with Crippen molar-refractivity contribution in [2.75, 3.05) is 7.11 Å². The standard InChI is InChI=1S/C22H20N4O8/c1-12(2)24-21(27)16(11-23)7-14-5-6-19(20(8-14)33-4)34-22(28)15-9-17(25(29)30)13(3)18(10-15)26(31)32/h5-10,12H,1-4H3,(H,24,27)/b16-7+. The van der Waals surface area contributed by atoms with Crippen molar-refractivity contribution in [1.29, 1.82) is 5.26 Å². The Morgan fingerprint density at radius 1 is 1.09 bits per heavy atom. The summed E-state index contributed by atoms with van der Waals surface area (Å²) < 4.78 is 10.4. The van der Waals surface area contributed by atoms with Gasteiger partial charge in [0.1, 0.15) is 17.2 Å². The molecule has 1 amide bonds. The summed E-state index contributed by atoms with van der Waals surface area (Å²) >= 11 is 0. The van der Waals surface area contributed by atoms with Crippen molar-refractivity contribution in [2.45, 2.75) is 26.8 Å². The second-order valence-electron chi connectivity index (χ2n) is 7.25. The predicted molar refractivity (Wildman–Crippen MR) is 119 cm³/mol. The van der Waals surface area contributed by atoms with Gasteiger partial charge in [0, 0.05) is 18.2 Å². The minimum Gasteiger partial charge on any atom is -0.493 e. The molecular weight excluding hydrogens is 448 g/mol. The molecule has 0 saturated heterocycles. The number of hydrogen-bond acceptors (Lipinski definition) is 9. The summed E-state index contributed by atoms with van der Waals surface area (Å²) in [5.41, 5.74) is -1.55. The van der Waals surface area contributed by atoms with E-state index < -0.39 is 38.7 Å². The van der Waals surface area contributed by atoms with E-state index in [1.807, 2.05) is 6.07 Å². The van der Waals surface area contributed by atoms with Gasteiger partial charge in [0.25, 0.3) is 17.3 Å². The Balaban J connectivity index is 2.40. The molecule has 1 N–H and O–H groups in total. The number of ether oxygens (including phenoxy) is 2. The zero-order valence-electron chi connectivity index (χ0n) is 18.6. The van der Waals surface area contributed by atoms with Crippen LogP contribution in [0.5, 0.6) is 11.5 Å². The maximum atomic E-state index is 12.6. The largest absolute Gasteiger partial charge is 0.493 e. The lowest BCUT2D eigenvalue weighted by Gasteiger charge is -2.11. The van der Waals surface area contributed by atoms with Crippen LogP contribution in [-0.2, 0) is 4.79 Å². The van der Waals surface area contributed by atoms with Gasteiger partial charge in [-0.25, -0.2) is 4.79 Å². The molecule has 0 spiro atoms. The number of nitro benzene ring substituents is 2. The Bertz CT molecular complexity index is 1210. The highest BCUT2D eigenvalue weighted by Gasteiger charge is 2.26. The molecule has 0 heterocycles. The maximum absolute atomic E-state index is 12.6. The van der Waals surface area contributed by atoms with Crippen LogP contribution in [0.4, 0.5) is 11.4 Å². The molecule has 34 heavy (non-hydrogen) atoms. The van der Waals surface area contributed by atoms with Crippen LogP contribution in [0.1, 0.15) is 35.3 Å². The lowest BCUT2D eigenvalue weighted by atomic mass is 10.1. The molecule has 0 bridgehead atoms. The average molecular weight is 468 g/mol. The minimum atomic E-state index is -1.08. The third kappa shape index (κ3) is 5.92. The first-order valence-electron chi connectivity index (χ1n) is 9.74. The highest BCUT2D eigenvalue weighted by Crippen LogP contribution is 2.32. The number of rotatable bonds is 8. The molecule has 0 aliphatic carbocycles. The quantitative estimate of drug-likeness (QED) is 0.152. The number of carbonyl (C=O) groups excluding carboxylic acids is 2. The molecule has 0 radical (unpaired) electrons. The topological polar surface area (TPSA) is 175 Å². The van der Waals surface area contributed by atoms with E-state index in [1.54, 1.807) is 13.8 Å². The van der Waals surface area contributed by atoms with E-state index in [1.165, 1.54) is 38.3 Å². The fourth-order valence-corrected chi connectivity index (χ4v) is 2.85. The Morgan fingerprint density at radius 3 is 2.15 bits per heavy atom. The molecule has 0 aliphatic rings. The second kappa shape index (κ2) is 10.7. The fourth-order valence-electron chi connectivity index (χ4n) is 2.85. The summed E-state index contributed by atoms with van der Waals surface area (Å²) in [6.07, 6.45) is 1.32. The van der Waals surface area contributed by atoms with Gasteiger partial charge in [-0.3, -0.25) is 25.0 Å². The van der Waals surface area contributed by atoms with Crippen molar-refractivity contribution in [3.8, 4) is 17.6 Å². The van der Waals surface area contributed by atoms with Crippen molar-refractivity contribution in [1.82, 2.24) is 5.32 Å². The molecule has 176 valence electrons. The van der Waals surface area contributed by atoms with E-state index in [0.29, 0.717) is 5.56 Å². The molecule has 12 nitrogen and oxygen atoms in total. The van der Waals surface area contributed by atoms with Gasteiger partial charge in [-0.05, 0) is 44.5 Å². The molecule has 2 aromatic carbocycles. The van der Waals surface area contributed by atoms with Crippen LogP contribution in [-0.4, -0.2) is 34.9 Å². The van der Waals surface area contributed by atoms with Crippen molar-refractivity contribution >= 4 is 29.3 Å². The number of amides is 1. The fraction of sp³-hybridized carbons (Fsp3) is 0.227. The third-order valence-electron chi connectivity index (χ3n) is 4.47. The number of nitrogens with one attached hydrogen (secondary N) is 1. The first kappa shape index (κ1) is 25.5. The summed E-state index contributed by atoms with van der Waals surface area (Å²) in [6.45, 7) is 4.70. The van der Waals surface area contributed by atoms with Crippen molar-refractivity contribution in [3.05, 3.63) is 72.8 Å². The van der Waals surface area contributed by atoms with E-state index >= 15 is 0 Å². The highest BCUT2D eigenvalue weighted by molar-refractivity contribution is 6.02. The zero-order chi connectivity index (χ0) is 25.6. The summed E-state index contributed by atoms with van der Waals surface area (Å²) in [7, 11) is 1.29. The molecule has 0 atom stereocenters. The zero-order valence-corrected chi connectivity index (χ0v) is 18.6. The predicted octanol–water partition coefficient (Wildman–Crippen LogP) is 3.47. The van der Waals surface area contributed by atoms with Crippen LogP contribution in [0.15, 0.2) is 35.9 Å². The Hall–Kier alpha value is -4.79. The molecule has 0 fully saturated rings. The molecule has 2 aromatic rings.